The van der Waals surface area contributed by atoms with E-state index in [1.807, 2.05) is 30.0 Å². The molecule has 1 heterocycles. The fraction of sp³-hybridized carbons (Fsp3) is 0.462. The second kappa shape index (κ2) is 4.86. The molecule has 0 amide bonds. The van der Waals surface area contributed by atoms with Gasteiger partial charge < -0.3 is 20.5 Å². The van der Waals surface area contributed by atoms with E-state index < -0.39 is 12.0 Å². The van der Waals surface area contributed by atoms with E-state index in [2.05, 4.69) is 0 Å². The Kier molecular flexibility index (Phi) is 3.43. The molecule has 1 aromatic rings. The molecule has 0 spiro atoms. The zero-order chi connectivity index (χ0) is 13.3. The SMILES string of the molecule is CC1CN(C(C)C(=O)O)c2ccc(CN)cc2O1. The summed E-state index contributed by atoms with van der Waals surface area (Å²) in [4.78, 5) is 13.0. The van der Waals surface area contributed by atoms with E-state index in [9.17, 15) is 4.79 Å². The van der Waals surface area contributed by atoms with Gasteiger partial charge in [0.15, 0.2) is 0 Å². The van der Waals surface area contributed by atoms with E-state index in [4.69, 9.17) is 15.6 Å². The maximum Gasteiger partial charge on any atom is 0.326 e. The fourth-order valence-corrected chi connectivity index (χ4v) is 2.15. The molecule has 5 heteroatoms. The molecule has 2 rings (SSSR count). The molecule has 0 bridgehead atoms. The first-order chi connectivity index (χ1) is 8.52. The van der Waals surface area contributed by atoms with Crippen LogP contribution in [-0.2, 0) is 11.3 Å². The Morgan fingerprint density at radius 2 is 2.39 bits per heavy atom. The molecular weight excluding hydrogens is 232 g/mol. The van der Waals surface area contributed by atoms with Crippen LogP contribution in [0.5, 0.6) is 5.75 Å². The number of fused-ring (bicyclic) bond motifs is 1. The first-order valence-electron chi connectivity index (χ1n) is 6.02. The van der Waals surface area contributed by atoms with Crippen LogP contribution in [0.25, 0.3) is 0 Å². The summed E-state index contributed by atoms with van der Waals surface area (Å²) in [6, 6.07) is 5.09. The van der Waals surface area contributed by atoms with Crippen molar-refractivity contribution < 1.29 is 14.6 Å². The van der Waals surface area contributed by atoms with Crippen molar-refractivity contribution in [2.45, 2.75) is 32.5 Å². The van der Waals surface area contributed by atoms with Gasteiger partial charge in [0.1, 0.15) is 17.9 Å². The molecule has 98 valence electrons. The van der Waals surface area contributed by atoms with Crippen LogP contribution >= 0.6 is 0 Å². The minimum Gasteiger partial charge on any atom is -0.487 e. The van der Waals surface area contributed by atoms with Gasteiger partial charge in [0.25, 0.3) is 0 Å². The van der Waals surface area contributed by atoms with E-state index in [-0.39, 0.29) is 6.10 Å². The third kappa shape index (κ3) is 2.26. The van der Waals surface area contributed by atoms with Crippen LogP contribution in [0.4, 0.5) is 5.69 Å². The third-order valence-corrected chi connectivity index (χ3v) is 3.18. The second-order valence-electron chi connectivity index (χ2n) is 4.60. The summed E-state index contributed by atoms with van der Waals surface area (Å²) in [6.07, 6.45) is -0.0349. The highest BCUT2D eigenvalue weighted by Gasteiger charge is 2.29. The molecular formula is C13H18N2O3. The van der Waals surface area contributed by atoms with E-state index in [1.54, 1.807) is 6.92 Å². The lowest BCUT2D eigenvalue weighted by Crippen LogP contribution is -2.46. The molecule has 3 N–H and O–H groups in total. The molecule has 0 radical (unpaired) electrons. The van der Waals surface area contributed by atoms with Gasteiger partial charge in [0.05, 0.1) is 12.2 Å². The molecule has 1 aromatic carbocycles. The molecule has 0 aliphatic carbocycles. The third-order valence-electron chi connectivity index (χ3n) is 3.18. The van der Waals surface area contributed by atoms with Crippen molar-refractivity contribution in [1.82, 2.24) is 0 Å². The van der Waals surface area contributed by atoms with Gasteiger partial charge >= 0.3 is 5.97 Å². The monoisotopic (exact) mass is 250 g/mol. The quantitative estimate of drug-likeness (QED) is 0.843. The van der Waals surface area contributed by atoms with Crippen molar-refractivity contribution in [3.63, 3.8) is 0 Å². The van der Waals surface area contributed by atoms with Crippen LogP contribution in [0.2, 0.25) is 0 Å². The number of nitrogens with two attached hydrogens (primary N) is 1. The molecule has 0 fully saturated rings. The lowest BCUT2D eigenvalue weighted by molar-refractivity contribution is -0.138. The van der Waals surface area contributed by atoms with Crippen LogP contribution in [-0.4, -0.2) is 29.8 Å². The number of carboxylic acids is 1. The predicted molar refractivity (Wildman–Crippen MR) is 68.9 cm³/mol. The number of hydrogen-bond donors (Lipinski definition) is 2. The molecule has 0 saturated carbocycles. The lowest BCUT2D eigenvalue weighted by Gasteiger charge is -2.37. The molecule has 5 nitrogen and oxygen atoms in total. The van der Waals surface area contributed by atoms with Crippen LogP contribution in [0.3, 0.4) is 0 Å². The van der Waals surface area contributed by atoms with E-state index in [1.165, 1.54) is 0 Å². The summed E-state index contributed by atoms with van der Waals surface area (Å²) >= 11 is 0. The highest BCUT2D eigenvalue weighted by molar-refractivity contribution is 5.79. The van der Waals surface area contributed by atoms with Crippen molar-refractivity contribution in [3.05, 3.63) is 23.8 Å². The topological polar surface area (TPSA) is 75.8 Å². The summed E-state index contributed by atoms with van der Waals surface area (Å²) in [7, 11) is 0. The Morgan fingerprint density at radius 3 is 3.00 bits per heavy atom. The van der Waals surface area contributed by atoms with Crippen LogP contribution in [0, 0.1) is 0 Å². The van der Waals surface area contributed by atoms with Crippen molar-refractivity contribution in [2.75, 3.05) is 11.4 Å². The molecule has 0 aromatic heterocycles. The van der Waals surface area contributed by atoms with Gasteiger partial charge in [-0.3, -0.25) is 0 Å². The van der Waals surface area contributed by atoms with Gasteiger partial charge in [-0.25, -0.2) is 4.79 Å². The predicted octanol–water partition coefficient (Wildman–Crippen LogP) is 1.21. The van der Waals surface area contributed by atoms with Gasteiger partial charge in [-0.1, -0.05) is 6.07 Å². The minimum absolute atomic E-state index is 0.0349. The van der Waals surface area contributed by atoms with Gasteiger partial charge in [-0.2, -0.15) is 0 Å². The fourth-order valence-electron chi connectivity index (χ4n) is 2.15. The number of nitrogens with zero attached hydrogens (tertiary/aromatic N) is 1. The second-order valence-corrected chi connectivity index (χ2v) is 4.60. The number of aliphatic carboxylic acids is 1. The Balaban J connectivity index is 2.39. The molecule has 18 heavy (non-hydrogen) atoms. The highest BCUT2D eigenvalue weighted by atomic mass is 16.5. The standard InChI is InChI=1S/C13H18N2O3/c1-8-7-15(9(2)13(16)17)11-4-3-10(6-14)5-12(11)18-8/h3-5,8-9H,6-7,14H2,1-2H3,(H,16,17). The minimum atomic E-state index is -0.835. The van der Waals surface area contributed by atoms with Crippen LogP contribution in [0.1, 0.15) is 19.4 Å². The maximum absolute atomic E-state index is 11.1. The van der Waals surface area contributed by atoms with Crippen LogP contribution < -0.4 is 15.4 Å². The first-order valence-corrected chi connectivity index (χ1v) is 6.02. The van der Waals surface area contributed by atoms with Crippen molar-refractivity contribution in [1.29, 1.82) is 0 Å². The van der Waals surface area contributed by atoms with E-state index >= 15 is 0 Å². The van der Waals surface area contributed by atoms with Crippen molar-refractivity contribution >= 4 is 11.7 Å². The number of carboxylic acid groups (broad SMARTS) is 1. The van der Waals surface area contributed by atoms with E-state index in [0.717, 1.165) is 11.3 Å². The average Bonchev–Trinajstić information content (AvgIpc) is 2.35. The largest absolute Gasteiger partial charge is 0.487 e. The molecule has 1 aliphatic rings. The summed E-state index contributed by atoms with van der Waals surface area (Å²) in [6.45, 7) is 4.63. The smallest absolute Gasteiger partial charge is 0.326 e. The number of hydrogen-bond acceptors (Lipinski definition) is 4. The number of benzene rings is 1. The average molecular weight is 250 g/mol. The lowest BCUT2D eigenvalue weighted by atomic mass is 10.1. The van der Waals surface area contributed by atoms with Crippen molar-refractivity contribution in [3.8, 4) is 5.75 Å². The number of anilines is 1. The summed E-state index contributed by atoms with van der Waals surface area (Å²) in [5.41, 5.74) is 7.39. The Bertz CT molecular complexity index is 462. The summed E-state index contributed by atoms with van der Waals surface area (Å²) in [5.74, 6) is -0.122. The highest BCUT2D eigenvalue weighted by Crippen LogP contribution is 2.35. The van der Waals surface area contributed by atoms with Gasteiger partial charge in [-0.15, -0.1) is 0 Å². The number of carbonyl (C=O) groups is 1. The normalized spacial score (nSPS) is 19.9. The first kappa shape index (κ1) is 12.7. The Morgan fingerprint density at radius 1 is 1.67 bits per heavy atom. The van der Waals surface area contributed by atoms with E-state index in [0.29, 0.717) is 18.8 Å². The van der Waals surface area contributed by atoms with Crippen molar-refractivity contribution in [2.24, 2.45) is 5.73 Å². The number of ether oxygens (including phenoxy) is 1. The Labute approximate surface area is 106 Å². The zero-order valence-electron chi connectivity index (χ0n) is 10.6. The Hall–Kier alpha value is -1.75. The molecule has 2 unspecified atom stereocenters. The van der Waals surface area contributed by atoms with Gasteiger partial charge in [0.2, 0.25) is 0 Å². The maximum atomic E-state index is 11.1. The molecule has 1 aliphatic heterocycles. The zero-order valence-corrected chi connectivity index (χ0v) is 10.6. The summed E-state index contributed by atoms with van der Waals surface area (Å²) in [5, 5.41) is 9.14. The van der Waals surface area contributed by atoms with Gasteiger partial charge in [-0.05, 0) is 31.5 Å². The number of rotatable bonds is 3. The van der Waals surface area contributed by atoms with Crippen LogP contribution in [0.15, 0.2) is 18.2 Å². The molecule has 2 atom stereocenters. The van der Waals surface area contributed by atoms with Gasteiger partial charge in [0, 0.05) is 6.54 Å². The summed E-state index contributed by atoms with van der Waals surface area (Å²) < 4.78 is 5.74. The molecule has 0 saturated heterocycles.